The summed E-state index contributed by atoms with van der Waals surface area (Å²) in [4.78, 5) is 15.1. The summed E-state index contributed by atoms with van der Waals surface area (Å²) in [7, 11) is 1.42. The van der Waals surface area contributed by atoms with Gasteiger partial charge < -0.3 is 10.0 Å². The van der Waals surface area contributed by atoms with Crippen LogP contribution in [0.25, 0.3) is 0 Å². The monoisotopic (exact) mass is 296 g/mol. The number of hydrogen-bond acceptors (Lipinski definition) is 3. The lowest BCUT2D eigenvalue weighted by molar-refractivity contribution is -0.208. The summed E-state index contributed by atoms with van der Waals surface area (Å²) in [6, 6.07) is -0.666. The van der Waals surface area contributed by atoms with Gasteiger partial charge in [-0.1, -0.05) is 6.92 Å². The van der Waals surface area contributed by atoms with Crippen molar-refractivity contribution in [2.75, 3.05) is 26.7 Å². The van der Waals surface area contributed by atoms with E-state index in [0.29, 0.717) is 19.0 Å². The Hall–Kier alpha value is -0.820. The number of likely N-dealkylation sites (tertiary alicyclic amines) is 1. The quantitative estimate of drug-likeness (QED) is 0.855. The number of alkyl halides is 3. The van der Waals surface area contributed by atoms with Gasteiger partial charge in [-0.15, -0.1) is 0 Å². The average Bonchev–Trinajstić information content (AvgIpc) is 2.36. The summed E-state index contributed by atoms with van der Waals surface area (Å²) in [6.07, 6.45) is -5.23. The molecule has 0 spiro atoms. The number of nitrogens with zero attached hydrogens (tertiary/aromatic N) is 2. The smallest absolute Gasteiger partial charge is 0.382 e. The van der Waals surface area contributed by atoms with E-state index >= 15 is 0 Å². The van der Waals surface area contributed by atoms with Gasteiger partial charge in [0.15, 0.2) is 6.10 Å². The molecule has 4 nitrogen and oxygen atoms in total. The van der Waals surface area contributed by atoms with Crippen LogP contribution in [0.3, 0.4) is 0 Å². The molecule has 2 atom stereocenters. The molecule has 0 aromatic carbocycles. The van der Waals surface area contributed by atoms with E-state index < -0.39 is 24.9 Å². The minimum absolute atomic E-state index is 0.172. The normalized spacial score (nSPS) is 21.1. The Bertz CT molecular complexity index is 328. The van der Waals surface area contributed by atoms with Crippen LogP contribution >= 0.6 is 0 Å². The minimum Gasteiger partial charge on any atom is -0.382 e. The summed E-state index contributed by atoms with van der Waals surface area (Å²) in [5.74, 6) is 0.410. The first-order valence-electron chi connectivity index (χ1n) is 6.86. The zero-order valence-corrected chi connectivity index (χ0v) is 12.2. The average molecular weight is 296 g/mol. The summed E-state index contributed by atoms with van der Waals surface area (Å²) in [5, 5.41) is 9.04. The third kappa shape index (κ3) is 4.63. The SMILES string of the molecule is CC1CCN(C(=O)C(C)N(C)CC(O)C(F)(F)F)CC1. The predicted octanol–water partition coefficient (Wildman–Crippen LogP) is 1.49. The highest BCUT2D eigenvalue weighted by molar-refractivity contribution is 5.81. The molecule has 2 unspecified atom stereocenters. The molecule has 7 heteroatoms. The number of piperidine rings is 1. The van der Waals surface area contributed by atoms with Crippen molar-refractivity contribution in [2.24, 2.45) is 5.92 Å². The number of aliphatic hydroxyl groups excluding tert-OH is 1. The first-order chi connectivity index (χ1) is 9.12. The van der Waals surface area contributed by atoms with Gasteiger partial charge >= 0.3 is 6.18 Å². The molecule has 1 aliphatic rings. The lowest BCUT2D eigenvalue weighted by atomic mass is 9.98. The van der Waals surface area contributed by atoms with Gasteiger partial charge in [0.25, 0.3) is 0 Å². The van der Waals surface area contributed by atoms with E-state index in [1.54, 1.807) is 11.8 Å². The number of halogens is 3. The first kappa shape index (κ1) is 17.2. The van der Waals surface area contributed by atoms with Gasteiger partial charge in [-0.2, -0.15) is 13.2 Å². The third-order valence-corrected chi connectivity index (χ3v) is 3.95. The van der Waals surface area contributed by atoms with Crippen molar-refractivity contribution < 1.29 is 23.1 Å². The number of hydrogen-bond donors (Lipinski definition) is 1. The third-order valence-electron chi connectivity index (χ3n) is 3.95. The number of carbonyl (C=O) groups excluding carboxylic acids is 1. The van der Waals surface area contributed by atoms with Gasteiger partial charge in [0.05, 0.1) is 6.04 Å². The lowest BCUT2D eigenvalue weighted by Crippen LogP contribution is -2.51. The molecule has 0 bridgehead atoms. The van der Waals surface area contributed by atoms with E-state index in [9.17, 15) is 18.0 Å². The summed E-state index contributed by atoms with van der Waals surface area (Å²) >= 11 is 0. The molecule has 0 aromatic heterocycles. The van der Waals surface area contributed by atoms with Gasteiger partial charge in [-0.25, -0.2) is 0 Å². The first-order valence-corrected chi connectivity index (χ1v) is 6.86. The van der Waals surface area contributed by atoms with E-state index in [1.807, 2.05) is 0 Å². The Balaban J connectivity index is 2.51. The van der Waals surface area contributed by atoms with Crippen LogP contribution in [0.15, 0.2) is 0 Å². The fourth-order valence-electron chi connectivity index (χ4n) is 2.22. The van der Waals surface area contributed by atoms with Crippen molar-refractivity contribution in [1.29, 1.82) is 0 Å². The molecule has 1 saturated heterocycles. The number of amides is 1. The number of aliphatic hydroxyl groups is 1. The van der Waals surface area contributed by atoms with Crippen molar-refractivity contribution in [3.8, 4) is 0 Å². The number of likely N-dealkylation sites (N-methyl/N-ethyl adjacent to an activating group) is 1. The molecule has 0 aliphatic carbocycles. The Kier molecular flexibility index (Phi) is 5.82. The van der Waals surface area contributed by atoms with Gasteiger partial charge in [-0.3, -0.25) is 9.69 Å². The molecule has 20 heavy (non-hydrogen) atoms. The Morgan fingerprint density at radius 1 is 1.40 bits per heavy atom. The molecule has 0 saturated carbocycles. The summed E-state index contributed by atoms with van der Waals surface area (Å²) < 4.78 is 36.9. The Morgan fingerprint density at radius 3 is 2.35 bits per heavy atom. The van der Waals surface area contributed by atoms with Crippen LogP contribution in [0, 0.1) is 5.92 Å². The van der Waals surface area contributed by atoms with Gasteiger partial charge in [-0.05, 0) is 32.7 Å². The molecule has 1 N–H and O–H groups in total. The maximum atomic E-state index is 12.3. The topological polar surface area (TPSA) is 43.8 Å². The molecule has 1 heterocycles. The lowest BCUT2D eigenvalue weighted by Gasteiger charge is -2.35. The second kappa shape index (κ2) is 6.76. The summed E-state index contributed by atoms with van der Waals surface area (Å²) in [6.45, 7) is 4.40. The van der Waals surface area contributed by atoms with Gasteiger partial charge in [0, 0.05) is 19.6 Å². The van der Waals surface area contributed by atoms with Crippen LogP contribution in [0.5, 0.6) is 0 Å². The maximum absolute atomic E-state index is 12.3. The van der Waals surface area contributed by atoms with Crippen LogP contribution in [0.2, 0.25) is 0 Å². The van der Waals surface area contributed by atoms with Crippen LogP contribution in [0.4, 0.5) is 13.2 Å². The van der Waals surface area contributed by atoms with Crippen molar-refractivity contribution in [3.05, 3.63) is 0 Å². The molecule has 118 valence electrons. The van der Waals surface area contributed by atoms with E-state index in [-0.39, 0.29) is 5.91 Å². The molecule has 1 fully saturated rings. The zero-order valence-electron chi connectivity index (χ0n) is 12.2. The summed E-state index contributed by atoms with van der Waals surface area (Å²) in [5.41, 5.74) is 0. The maximum Gasteiger partial charge on any atom is 0.415 e. The minimum atomic E-state index is -4.66. The fraction of sp³-hybridized carbons (Fsp3) is 0.923. The molecule has 0 aromatic rings. The number of rotatable bonds is 4. The molecule has 0 radical (unpaired) electrons. The number of carbonyl (C=O) groups is 1. The van der Waals surface area contributed by atoms with Crippen molar-refractivity contribution in [3.63, 3.8) is 0 Å². The molecule has 1 rings (SSSR count). The zero-order chi connectivity index (χ0) is 15.5. The van der Waals surface area contributed by atoms with Gasteiger partial charge in [0.2, 0.25) is 5.91 Å². The van der Waals surface area contributed by atoms with Crippen LogP contribution in [0.1, 0.15) is 26.7 Å². The van der Waals surface area contributed by atoms with Crippen LogP contribution < -0.4 is 0 Å². The fourth-order valence-corrected chi connectivity index (χ4v) is 2.22. The predicted molar refractivity (Wildman–Crippen MR) is 69.1 cm³/mol. The standard InChI is InChI=1S/C13H23F3N2O2/c1-9-4-6-18(7-5-9)12(20)10(2)17(3)8-11(19)13(14,15)16/h9-11,19H,4-8H2,1-3H3. The van der Waals surface area contributed by atoms with E-state index in [0.717, 1.165) is 12.8 Å². The van der Waals surface area contributed by atoms with Crippen LogP contribution in [-0.4, -0.2) is 65.8 Å². The largest absolute Gasteiger partial charge is 0.415 e. The van der Waals surface area contributed by atoms with E-state index in [1.165, 1.54) is 11.9 Å². The van der Waals surface area contributed by atoms with Crippen LogP contribution in [-0.2, 0) is 4.79 Å². The van der Waals surface area contributed by atoms with Crippen molar-refractivity contribution in [2.45, 2.75) is 45.0 Å². The highest BCUT2D eigenvalue weighted by Gasteiger charge is 2.40. The second-order valence-electron chi connectivity index (χ2n) is 5.68. The highest BCUT2D eigenvalue weighted by atomic mass is 19.4. The highest BCUT2D eigenvalue weighted by Crippen LogP contribution is 2.22. The van der Waals surface area contributed by atoms with Crippen molar-refractivity contribution in [1.82, 2.24) is 9.80 Å². The molecular formula is C13H23F3N2O2. The van der Waals surface area contributed by atoms with Gasteiger partial charge in [0.1, 0.15) is 0 Å². The van der Waals surface area contributed by atoms with E-state index in [2.05, 4.69) is 6.92 Å². The molecular weight excluding hydrogens is 273 g/mol. The van der Waals surface area contributed by atoms with E-state index in [4.69, 9.17) is 5.11 Å². The molecule has 1 aliphatic heterocycles. The van der Waals surface area contributed by atoms with Crippen molar-refractivity contribution >= 4 is 5.91 Å². The Morgan fingerprint density at radius 2 is 1.90 bits per heavy atom. The molecule has 1 amide bonds. The second-order valence-corrected chi connectivity index (χ2v) is 5.68. The Labute approximate surface area is 117 Å².